The first kappa shape index (κ1) is 15.5. The molecule has 1 amide bonds. The molecule has 1 aliphatic rings. The summed E-state index contributed by atoms with van der Waals surface area (Å²) in [7, 11) is 0. The van der Waals surface area contributed by atoms with Gasteiger partial charge in [-0.1, -0.05) is 11.6 Å². The monoisotopic (exact) mass is 334 g/mol. The minimum absolute atomic E-state index is 0.0398. The molecular formula is C15H15ClN4O3. The molecule has 1 unspecified atom stereocenters. The zero-order valence-electron chi connectivity index (χ0n) is 12.4. The van der Waals surface area contributed by atoms with Gasteiger partial charge in [0.2, 0.25) is 0 Å². The van der Waals surface area contributed by atoms with Crippen LogP contribution in [0.15, 0.2) is 30.5 Å². The van der Waals surface area contributed by atoms with Crippen molar-refractivity contribution in [3.8, 4) is 0 Å². The topological polar surface area (TPSA) is 90.1 Å². The number of hydrogen-bond acceptors (Lipinski definition) is 4. The van der Waals surface area contributed by atoms with Crippen LogP contribution in [0.3, 0.4) is 0 Å². The molecule has 7 nitrogen and oxygen atoms in total. The van der Waals surface area contributed by atoms with Gasteiger partial charge >= 0.3 is 0 Å². The summed E-state index contributed by atoms with van der Waals surface area (Å²) < 4.78 is 1.79. The van der Waals surface area contributed by atoms with Crippen molar-refractivity contribution in [1.82, 2.24) is 9.78 Å². The van der Waals surface area contributed by atoms with Crippen molar-refractivity contribution in [3.63, 3.8) is 0 Å². The van der Waals surface area contributed by atoms with E-state index in [-0.39, 0.29) is 22.3 Å². The molecule has 1 atom stereocenters. The Morgan fingerprint density at radius 2 is 2.22 bits per heavy atom. The Kier molecular flexibility index (Phi) is 4.04. The molecule has 1 fully saturated rings. The SMILES string of the molecule is CC(C1CC1)n1nccc1NC(=O)c1ccc([N+](=O)[O-])cc1Cl. The van der Waals surface area contributed by atoms with Crippen LogP contribution in [0.5, 0.6) is 0 Å². The van der Waals surface area contributed by atoms with E-state index in [0.717, 1.165) is 0 Å². The maximum atomic E-state index is 12.4. The highest BCUT2D eigenvalue weighted by Gasteiger charge is 2.31. The van der Waals surface area contributed by atoms with Crippen LogP contribution in [0.2, 0.25) is 5.02 Å². The number of halogens is 1. The van der Waals surface area contributed by atoms with Gasteiger partial charge < -0.3 is 5.32 Å². The molecule has 1 heterocycles. The Morgan fingerprint density at radius 1 is 1.48 bits per heavy atom. The van der Waals surface area contributed by atoms with Crippen LogP contribution in [0, 0.1) is 16.0 Å². The van der Waals surface area contributed by atoms with Crippen LogP contribution in [-0.4, -0.2) is 20.6 Å². The maximum Gasteiger partial charge on any atom is 0.270 e. The number of nitro benzene ring substituents is 1. The van der Waals surface area contributed by atoms with E-state index in [4.69, 9.17) is 11.6 Å². The van der Waals surface area contributed by atoms with E-state index < -0.39 is 10.8 Å². The van der Waals surface area contributed by atoms with Crippen LogP contribution in [0.25, 0.3) is 0 Å². The Bertz CT molecular complexity index is 770. The first-order valence-corrected chi connectivity index (χ1v) is 7.64. The number of nitrogens with zero attached hydrogens (tertiary/aromatic N) is 3. The highest BCUT2D eigenvalue weighted by Crippen LogP contribution is 2.40. The van der Waals surface area contributed by atoms with Crippen LogP contribution >= 0.6 is 11.6 Å². The van der Waals surface area contributed by atoms with E-state index in [9.17, 15) is 14.9 Å². The van der Waals surface area contributed by atoms with Crippen LogP contribution in [-0.2, 0) is 0 Å². The zero-order valence-corrected chi connectivity index (χ0v) is 13.2. The molecule has 0 saturated heterocycles. The summed E-state index contributed by atoms with van der Waals surface area (Å²) in [6, 6.07) is 5.70. The average molecular weight is 335 g/mol. The lowest BCUT2D eigenvalue weighted by molar-refractivity contribution is -0.384. The number of benzene rings is 1. The minimum Gasteiger partial charge on any atom is -0.307 e. The number of nitro groups is 1. The first-order chi connectivity index (χ1) is 11.0. The van der Waals surface area contributed by atoms with Gasteiger partial charge in [-0.3, -0.25) is 14.9 Å². The summed E-state index contributed by atoms with van der Waals surface area (Å²) in [5.41, 5.74) is 0.0306. The summed E-state index contributed by atoms with van der Waals surface area (Å²) >= 11 is 5.98. The molecular weight excluding hydrogens is 320 g/mol. The molecule has 8 heteroatoms. The van der Waals surface area contributed by atoms with E-state index in [2.05, 4.69) is 17.3 Å². The van der Waals surface area contributed by atoms with E-state index in [1.165, 1.54) is 31.0 Å². The van der Waals surface area contributed by atoms with Crippen molar-refractivity contribution in [2.75, 3.05) is 5.32 Å². The van der Waals surface area contributed by atoms with Crippen molar-refractivity contribution >= 4 is 29.0 Å². The van der Waals surface area contributed by atoms with Crippen molar-refractivity contribution in [2.45, 2.75) is 25.8 Å². The fourth-order valence-corrected chi connectivity index (χ4v) is 2.76. The average Bonchev–Trinajstić information content (AvgIpc) is 3.26. The van der Waals surface area contributed by atoms with E-state index in [0.29, 0.717) is 11.7 Å². The highest BCUT2D eigenvalue weighted by atomic mass is 35.5. The number of hydrogen-bond donors (Lipinski definition) is 1. The first-order valence-electron chi connectivity index (χ1n) is 7.26. The smallest absolute Gasteiger partial charge is 0.270 e. The third-order valence-corrected chi connectivity index (χ3v) is 4.32. The summed E-state index contributed by atoms with van der Waals surface area (Å²) in [4.78, 5) is 22.5. The normalized spacial score (nSPS) is 15.2. The molecule has 3 rings (SSSR count). The fourth-order valence-electron chi connectivity index (χ4n) is 2.50. The lowest BCUT2D eigenvalue weighted by Gasteiger charge is -2.15. The number of amides is 1. The Labute approximate surface area is 137 Å². The Morgan fingerprint density at radius 3 is 2.83 bits per heavy atom. The predicted octanol–water partition coefficient (Wildman–Crippen LogP) is 3.67. The molecule has 0 bridgehead atoms. The number of nitrogens with one attached hydrogen (secondary N) is 1. The summed E-state index contributed by atoms with van der Waals surface area (Å²) in [5.74, 6) is 0.756. The molecule has 1 N–H and O–H groups in total. The molecule has 2 aromatic rings. The summed E-state index contributed by atoms with van der Waals surface area (Å²) in [5, 5.41) is 17.8. The minimum atomic E-state index is -0.556. The van der Waals surface area contributed by atoms with Gasteiger partial charge in [0.05, 0.1) is 27.7 Å². The van der Waals surface area contributed by atoms with E-state index >= 15 is 0 Å². The number of anilines is 1. The second-order valence-corrected chi connectivity index (χ2v) is 6.02. The zero-order chi connectivity index (χ0) is 16.6. The van der Waals surface area contributed by atoms with E-state index in [1.54, 1.807) is 16.9 Å². The standard InChI is InChI=1S/C15H15ClN4O3/c1-9(10-2-3-10)19-14(6-7-17-19)18-15(21)12-5-4-11(20(22)23)8-13(12)16/h4-10H,2-3H2,1H3,(H,18,21). The Balaban J connectivity index is 1.80. The highest BCUT2D eigenvalue weighted by molar-refractivity contribution is 6.34. The molecule has 0 spiro atoms. The van der Waals surface area contributed by atoms with Gasteiger partial charge in [0.25, 0.3) is 11.6 Å². The van der Waals surface area contributed by atoms with Crippen molar-refractivity contribution < 1.29 is 9.72 Å². The second-order valence-electron chi connectivity index (χ2n) is 5.61. The largest absolute Gasteiger partial charge is 0.307 e. The number of carbonyl (C=O) groups is 1. The third kappa shape index (κ3) is 3.19. The van der Waals surface area contributed by atoms with Gasteiger partial charge in [-0.2, -0.15) is 5.10 Å². The van der Waals surface area contributed by atoms with Crippen molar-refractivity contribution in [2.24, 2.45) is 5.92 Å². The summed E-state index contributed by atoms with van der Waals surface area (Å²) in [6.07, 6.45) is 3.97. The molecule has 120 valence electrons. The number of non-ortho nitro benzene ring substituents is 1. The number of carbonyl (C=O) groups excluding carboxylic acids is 1. The second kappa shape index (κ2) is 6.00. The van der Waals surface area contributed by atoms with Crippen molar-refractivity contribution in [3.05, 3.63) is 51.2 Å². The molecule has 1 aromatic heterocycles. The quantitative estimate of drug-likeness (QED) is 0.667. The van der Waals surface area contributed by atoms with Gasteiger partial charge in [-0.15, -0.1) is 0 Å². The maximum absolute atomic E-state index is 12.4. The lowest BCUT2D eigenvalue weighted by atomic mass is 10.2. The van der Waals surface area contributed by atoms with Gasteiger partial charge in [0.15, 0.2) is 0 Å². The lowest BCUT2D eigenvalue weighted by Crippen LogP contribution is -2.18. The molecule has 1 aliphatic carbocycles. The molecule has 1 saturated carbocycles. The van der Waals surface area contributed by atoms with Gasteiger partial charge in [0, 0.05) is 18.2 Å². The van der Waals surface area contributed by atoms with Crippen molar-refractivity contribution in [1.29, 1.82) is 0 Å². The van der Waals surface area contributed by atoms with Crippen LogP contribution < -0.4 is 5.32 Å². The van der Waals surface area contributed by atoms with Gasteiger partial charge in [-0.25, -0.2) is 4.68 Å². The van der Waals surface area contributed by atoms with Gasteiger partial charge in [-0.05, 0) is 31.7 Å². The Hall–Kier alpha value is -2.41. The fraction of sp³-hybridized carbons (Fsp3) is 0.333. The van der Waals surface area contributed by atoms with E-state index in [1.807, 2.05) is 0 Å². The third-order valence-electron chi connectivity index (χ3n) is 4.01. The molecule has 23 heavy (non-hydrogen) atoms. The predicted molar refractivity (Wildman–Crippen MR) is 85.7 cm³/mol. The van der Waals surface area contributed by atoms with Crippen LogP contribution in [0.4, 0.5) is 11.5 Å². The summed E-state index contributed by atoms with van der Waals surface area (Å²) in [6.45, 7) is 2.07. The van der Waals surface area contributed by atoms with Gasteiger partial charge in [0.1, 0.15) is 5.82 Å². The van der Waals surface area contributed by atoms with Crippen LogP contribution in [0.1, 0.15) is 36.2 Å². The molecule has 0 aliphatic heterocycles. The number of rotatable bonds is 5. The molecule has 1 aromatic carbocycles. The number of aromatic nitrogens is 2. The molecule has 0 radical (unpaired) electrons.